The molecule has 1 N–H and O–H groups in total. The summed E-state index contributed by atoms with van der Waals surface area (Å²) in [6, 6.07) is 12.9. The number of anilines is 1. The van der Waals surface area contributed by atoms with Crippen molar-refractivity contribution in [2.45, 2.75) is 19.5 Å². The first-order valence-electron chi connectivity index (χ1n) is 8.01. The number of hydrogen-bond acceptors (Lipinski definition) is 2. The summed E-state index contributed by atoms with van der Waals surface area (Å²) >= 11 is 0. The maximum Gasteiger partial charge on any atom is 0.435 e. The topological polar surface area (TPSA) is 46.9 Å². The zero-order chi connectivity index (χ0) is 19.6. The summed E-state index contributed by atoms with van der Waals surface area (Å²) in [7, 11) is 0. The summed E-state index contributed by atoms with van der Waals surface area (Å²) in [5.41, 5.74) is 0.982. The highest BCUT2D eigenvalue weighted by atomic mass is 19.4. The van der Waals surface area contributed by atoms with Gasteiger partial charge < -0.3 is 5.32 Å². The van der Waals surface area contributed by atoms with Crippen molar-refractivity contribution in [2.75, 3.05) is 5.32 Å². The minimum atomic E-state index is -4.51. The van der Waals surface area contributed by atoms with Crippen molar-refractivity contribution in [3.05, 3.63) is 77.4 Å². The van der Waals surface area contributed by atoms with E-state index in [1.807, 2.05) is 0 Å². The minimum absolute atomic E-state index is 0.0786. The number of rotatable bonds is 4. The Morgan fingerprint density at radius 3 is 2.26 bits per heavy atom. The first kappa shape index (κ1) is 18.6. The van der Waals surface area contributed by atoms with Gasteiger partial charge in [0.05, 0.1) is 12.1 Å². The molecule has 2 aromatic carbocycles. The number of halogens is 4. The van der Waals surface area contributed by atoms with E-state index in [1.54, 1.807) is 24.3 Å². The third-order valence-electron chi connectivity index (χ3n) is 3.85. The molecule has 8 heteroatoms. The average molecular weight is 377 g/mol. The average Bonchev–Trinajstić information content (AvgIpc) is 3.00. The van der Waals surface area contributed by atoms with Gasteiger partial charge in [0.2, 0.25) is 5.91 Å². The lowest BCUT2D eigenvalue weighted by molar-refractivity contribution is -0.141. The smallest absolute Gasteiger partial charge is 0.326 e. The molecule has 0 radical (unpaired) electrons. The summed E-state index contributed by atoms with van der Waals surface area (Å²) < 4.78 is 52.3. The second kappa shape index (κ2) is 7.22. The van der Waals surface area contributed by atoms with Crippen LogP contribution in [0.1, 0.15) is 17.0 Å². The number of hydrogen-bond donors (Lipinski definition) is 1. The third kappa shape index (κ3) is 4.52. The largest absolute Gasteiger partial charge is 0.435 e. The molecule has 0 aliphatic rings. The molecule has 0 bridgehead atoms. The van der Waals surface area contributed by atoms with Gasteiger partial charge in [-0.05, 0) is 55.0 Å². The molecule has 0 aliphatic heterocycles. The SMILES string of the molecule is Cc1cc(C(F)(F)F)nn1-c1ccc(NC(=O)Cc2ccc(F)cc2)cc1. The molecule has 1 aromatic heterocycles. The molecule has 0 aliphatic carbocycles. The normalized spacial score (nSPS) is 11.4. The van der Waals surface area contributed by atoms with Gasteiger partial charge in [0, 0.05) is 11.4 Å². The predicted octanol–water partition coefficient (Wildman–Crippen LogP) is 4.52. The van der Waals surface area contributed by atoms with Gasteiger partial charge in [-0.25, -0.2) is 9.07 Å². The van der Waals surface area contributed by atoms with Crippen LogP contribution in [-0.2, 0) is 17.4 Å². The van der Waals surface area contributed by atoms with Crippen molar-refractivity contribution in [3.8, 4) is 5.69 Å². The molecule has 27 heavy (non-hydrogen) atoms. The lowest BCUT2D eigenvalue weighted by Crippen LogP contribution is -2.14. The van der Waals surface area contributed by atoms with Crippen LogP contribution in [0.5, 0.6) is 0 Å². The molecular formula is C19H15F4N3O. The van der Waals surface area contributed by atoms with Crippen molar-refractivity contribution >= 4 is 11.6 Å². The van der Waals surface area contributed by atoms with E-state index < -0.39 is 11.9 Å². The van der Waals surface area contributed by atoms with E-state index in [1.165, 1.54) is 35.9 Å². The zero-order valence-corrected chi connectivity index (χ0v) is 14.2. The summed E-state index contributed by atoms with van der Waals surface area (Å²) in [6.07, 6.45) is -4.43. The molecule has 0 spiro atoms. The molecular weight excluding hydrogens is 362 g/mol. The number of carbonyl (C=O) groups excluding carboxylic acids is 1. The Morgan fingerprint density at radius 2 is 1.70 bits per heavy atom. The van der Waals surface area contributed by atoms with E-state index in [0.717, 1.165) is 6.07 Å². The number of nitrogens with zero attached hydrogens (tertiary/aromatic N) is 2. The lowest BCUT2D eigenvalue weighted by atomic mass is 10.1. The Labute approximate surface area is 152 Å². The van der Waals surface area contributed by atoms with Gasteiger partial charge in [-0.2, -0.15) is 18.3 Å². The molecule has 3 rings (SSSR count). The highest BCUT2D eigenvalue weighted by molar-refractivity contribution is 5.92. The fourth-order valence-corrected chi connectivity index (χ4v) is 2.55. The Kier molecular flexibility index (Phi) is 4.98. The van der Waals surface area contributed by atoms with Crippen LogP contribution in [0.4, 0.5) is 23.2 Å². The van der Waals surface area contributed by atoms with Gasteiger partial charge in [-0.15, -0.1) is 0 Å². The zero-order valence-electron chi connectivity index (χ0n) is 14.2. The molecule has 0 fully saturated rings. The summed E-state index contributed by atoms with van der Waals surface area (Å²) in [5.74, 6) is -0.665. The van der Waals surface area contributed by atoms with Crippen LogP contribution in [0.15, 0.2) is 54.6 Å². The second-order valence-electron chi connectivity index (χ2n) is 5.98. The number of amides is 1. The Hall–Kier alpha value is -3.16. The van der Waals surface area contributed by atoms with Gasteiger partial charge in [0.15, 0.2) is 5.69 Å². The maximum atomic E-state index is 12.9. The standard InChI is InChI=1S/C19H15F4N3O/c1-12-10-17(19(21,22)23)25-26(12)16-8-6-15(7-9-16)24-18(27)11-13-2-4-14(20)5-3-13/h2-10H,11H2,1H3,(H,24,27). The molecule has 3 aromatic rings. The lowest BCUT2D eigenvalue weighted by Gasteiger charge is -2.08. The van der Waals surface area contributed by atoms with Crippen LogP contribution in [0.25, 0.3) is 5.69 Å². The van der Waals surface area contributed by atoms with Crippen LogP contribution in [0, 0.1) is 12.7 Å². The van der Waals surface area contributed by atoms with Gasteiger partial charge >= 0.3 is 6.18 Å². The highest BCUT2D eigenvalue weighted by Gasteiger charge is 2.34. The van der Waals surface area contributed by atoms with Crippen molar-refractivity contribution in [1.82, 2.24) is 9.78 Å². The van der Waals surface area contributed by atoms with Crippen molar-refractivity contribution in [3.63, 3.8) is 0 Å². The number of aryl methyl sites for hydroxylation is 1. The minimum Gasteiger partial charge on any atom is -0.326 e. The first-order chi connectivity index (χ1) is 12.7. The maximum absolute atomic E-state index is 12.9. The second-order valence-corrected chi connectivity index (χ2v) is 5.98. The number of alkyl halides is 3. The fraction of sp³-hybridized carbons (Fsp3) is 0.158. The van der Waals surface area contributed by atoms with Crippen LogP contribution < -0.4 is 5.32 Å². The fourth-order valence-electron chi connectivity index (χ4n) is 2.55. The molecule has 0 saturated carbocycles. The molecule has 0 unspecified atom stereocenters. The Morgan fingerprint density at radius 1 is 1.07 bits per heavy atom. The van der Waals surface area contributed by atoms with Crippen LogP contribution in [0.3, 0.4) is 0 Å². The first-order valence-corrected chi connectivity index (χ1v) is 8.01. The molecule has 140 valence electrons. The molecule has 4 nitrogen and oxygen atoms in total. The van der Waals surface area contributed by atoms with Crippen molar-refractivity contribution in [1.29, 1.82) is 0 Å². The van der Waals surface area contributed by atoms with Crippen LogP contribution in [-0.4, -0.2) is 15.7 Å². The van der Waals surface area contributed by atoms with E-state index in [2.05, 4.69) is 10.4 Å². The van der Waals surface area contributed by atoms with Gasteiger partial charge in [0.1, 0.15) is 5.82 Å². The van der Waals surface area contributed by atoms with E-state index in [-0.39, 0.29) is 18.1 Å². The molecule has 1 amide bonds. The monoisotopic (exact) mass is 377 g/mol. The van der Waals surface area contributed by atoms with Gasteiger partial charge in [-0.3, -0.25) is 4.79 Å². The van der Waals surface area contributed by atoms with E-state index in [0.29, 0.717) is 22.6 Å². The summed E-state index contributed by atoms with van der Waals surface area (Å²) in [6.45, 7) is 1.53. The number of aromatic nitrogens is 2. The summed E-state index contributed by atoms with van der Waals surface area (Å²) in [4.78, 5) is 12.0. The Balaban J connectivity index is 1.69. The summed E-state index contributed by atoms with van der Waals surface area (Å²) in [5, 5.41) is 6.26. The van der Waals surface area contributed by atoms with E-state index >= 15 is 0 Å². The molecule has 0 atom stereocenters. The number of benzene rings is 2. The van der Waals surface area contributed by atoms with Crippen molar-refractivity contribution < 1.29 is 22.4 Å². The number of nitrogens with one attached hydrogen (secondary N) is 1. The molecule has 0 saturated heterocycles. The van der Waals surface area contributed by atoms with Crippen LogP contribution >= 0.6 is 0 Å². The Bertz CT molecular complexity index is 945. The van der Waals surface area contributed by atoms with E-state index in [4.69, 9.17) is 0 Å². The number of carbonyl (C=O) groups is 1. The van der Waals surface area contributed by atoms with E-state index in [9.17, 15) is 22.4 Å². The van der Waals surface area contributed by atoms with Gasteiger partial charge in [0.25, 0.3) is 0 Å². The highest BCUT2D eigenvalue weighted by Crippen LogP contribution is 2.29. The van der Waals surface area contributed by atoms with Crippen molar-refractivity contribution in [2.24, 2.45) is 0 Å². The molecule has 1 heterocycles. The van der Waals surface area contributed by atoms with Crippen LogP contribution in [0.2, 0.25) is 0 Å². The van der Waals surface area contributed by atoms with Gasteiger partial charge in [-0.1, -0.05) is 12.1 Å². The third-order valence-corrected chi connectivity index (χ3v) is 3.85. The predicted molar refractivity (Wildman–Crippen MR) is 92.0 cm³/mol. The quantitative estimate of drug-likeness (QED) is 0.680.